The van der Waals surface area contributed by atoms with E-state index in [0.717, 1.165) is 0 Å². The van der Waals surface area contributed by atoms with Crippen LogP contribution in [0.15, 0.2) is 18.2 Å². The lowest BCUT2D eigenvalue weighted by Crippen LogP contribution is -2.20. The SMILES string of the molecule is N#Cc1cc(Cl)ccc1C(O)C(O)CCO. The second-order valence-electron chi connectivity index (χ2n) is 3.37. The van der Waals surface area contributed by atoms with Crippen LogP contribution in [0, 0.1) is 11.3 Å². The van der Waals surface area contributed by atoms with Crippen LogP contribution < -0.4 is 0 Å². The molecule has 86 valence electrons. The van der Waals surface area contributed by atoms with Gasteiger partial charge in [-0.15, -0.1) is 0 Å². The van der Waals surface area contributed by atoms with Crippen molar-refractivity contribution in [2.24, 2.45) is 0 Å². The highest BCUT2D eigenvalue weighted by atomic mass is 35.5. The average Bonchev–Trinajstić information content (AvgIpc) is 2.28. The quantitative estimate of drug-likeness (QED) is 0.734. The summed E-state index contributed by atoms with van der Waals surface area (Å²) in [6, 6.07) is 6.35. The topological polar surface area (TPSA) is 84.5 Å². The van der Waals surface area contributed by atoms with Gasteiger partial charge in [-0.1, -0.05) is 17.7 Å². The number of rotatable bonds is 4. The summed E-state index contributed by atoms with van der Waals surface area (Å²) >= 11 is 5.71. The lowest BCUT2D eigenvalue weighted by molar-refractivity contribution is 0.00408. The molecule has 0 aliphatic carbocycles. The number of nitriles is 1. The van der Waals surface area contributed by atoms with Crippen LogP contribution in [0.1, 0.15) is 23.7 Å². The molecule has 0 spiro atoms. The second-order valence-corrected chi connectivity index (χ2v) is 3.80. The van der Waals surface area contributed by atoms with E-state index in [9.17, 15) is 10.2 Å². The van der Waals surface area contributed by atoms with E-state index in [0.29, 0.717) is 10.6 Å². The number of benzene rings is 1. The van der Waals surface area contributed by atoms with Gasteiger partial charge in [0.05, 0.1) is 17.7 Å². The van der Waals surface area contributed by atoms with E-state index in [2.05, 4.69) is 0 Å². The molecule has 0 saturated heterocycles. The molecule has 3 N–H and O–H groups in total. The van der Waals surface area contributed by atoms with Crippen LogP contribution in [-0.4, -0.2) is 28.0 Å². The summed E-state index contributed by atoms with van der Waals surface area (Å²) in [5.41, 5.74) is 0.532. The first-order valence-corrected chi connectivity index (χ1v) is 5.14. The highest BCUT2D eigenvalue weighted by Gasteiger charge is 2.20. The smallest absolute Gasteiger partial charge is 0.106 e. The fourth-order valence-electron chi connectivity index (χ4n) is 1.38. The normalized spacial score (nSPS) is 14.2. The predicted octanol–water partition coefficient (Wildman–Crippen LogP) is 0.988. The minimum Gasteiger partial charge on any atom is -0.396 e. The highest BCUT2D eigenvalue weighted by molar-refractivity contribution is 6.30. The maximum absolute atomic E-state index is 9.77. The lowest BCUT2D eigenvalue weighted by atomic mass is 9.98. The van der Waals surface area contributed by atoms with Crippen molar-refractivity contribution < 1.29 is 15.3 Å². The zero-order chi connectivity index (χ0) is 12.1. The number of hydrogen-bond acceptors (Lipinski definition) is 4. The number of aliphatic hydroxyl groups is 3. The fraction of sp³-hybridized carbons (Fsp3) is 0.364. The van der Waals surface area contributed by atoms with Crippen molar-refractivity contribution in [1.82, 2.24) is 0 Å². The van der Waals surface area contributed by atoms with Crippen LogP contribution in [0.4, 0.5) is 0 Å². The van der Waals surface area contributed by atoms with Crippen molar-refractivity contribution in [3.63, 3.8) is 0 Å². The van der Waals surface area contributed by atoms with E-state index in [1.54, 1.807) is 0 Å². The van der Waals surface area contributed by atoms with Gasteiger partial charge in [-0.05, 0) is 18.6 Å². The Morgan fingerprint density at radius 1 is 1.38 bits per heavy atom. The third-order valence-electron chi connectivity index (χ3n) is 2.24. The lowest BCUT2D eigenvalue weighted by Gasteiger charge is -2.18. The van der Waals surface area contributed by atoms with Crippen molar-refractivity contribution in [2.75, 3.05) is 6.61 Å². The van der Waals surface area contributed by atoms with Crippen molar-refractivity contribution >= 4 is 11.6 Å². The van der Waals surface area contributed by atoms with Gasteiger partial charge in [0.2, 0.25) is 0 Å². The molecule has 1 aromatic carbocycles. The van der Waals surface area contributed by atoms with E-state index >= 15 is 0 Å². The molecule has 16 heavy (non-hydrogen) atoms. The van der Waals surface area contributed by atoms with Gasteiger partial charge in [-0.3, -0.25) is 0 Å². The standard InChI is InChI=1S/C11H12ClNO3/c12-8-1-2-9(7(5-8)6-13)11(16)10(15)3-4-14/h1-2,5,10-11,14-16H,3-4H2. The van der Waals surface area contributed by atoms with Gasteiger partial charge in [0, 0.05) is 17.2 Å². The molecule has 0 heterocycles. The average molecular weight is 242 g/mol. The Hall–Kier alpha value is -1.12. The minimum absolute atomic E-state index is 0.0503. The Labute approximate surface area is 98.3 Å². The maximum atomic E-state index is 9.77. The van der Waals surface area contributed by atoms with E-state index < -0.39 is 12.2 Å². The molecule has 1 aromatic rings. The Bertz CT molecular complexity index is 403. The Balaban J connectivity index is 2.99. The van der Waals surface area contributed by atoms with E-state index in [1.165, 1.54) is 18.2 Å². The maximum Gasteiger partial charge on any atom is 0.106 e. The molecule has 0 aliphatic rings. The van der Waals surface area contributed by atoms with Crippen LogP contribution in [0.2, 0.25) is 5.02 Å². The number of halogens is 1. The van der Waals surface area contributed by atoms with Crippen LogP contribution in [0.5, 0.6) is 0 Å². The molecule has 0 saturated carbocycles. The first-order chi connectivity index (χ1) is 7.60. The summed E-state index contributed by atoms with van der Waals surface area (Å²) in [6.07, 6.45) is -2.24. The Kier molecular flexibility index (Phi) is 4.71. The van der Waals surface area contributed by atoms with E-state index in [4.69, 9.17) is 22.0 Å². The Morgan fingerprint density at radius 2 is 2.06 bits per heavy atom. The summed E-state index contributed by atoms with van der Waals surface area (Å²) in [4.78, 5) is 0. The molecule has 2 atom stereocenters. The molecular formula is C11H12ClNO3. The first kappa shape index (κ1) is 12.9. The molecule has 1 rings (SSSR count). The zero-order valence-electron chi connectivity index (χ0n) is 8.47. The predicted molar refractivity (Wildman–Crippen MR) is 58.8 cm³/mol. The second kappa shape index (κ2) is 5.83. The van der Waals surface area contributed by atoms with Crippen molar-refractivity contribution in [1.29, 1.82) is 5.26 Å². The number of aliphatic hydroxyl groups excluding tert-OH is 3. The van der Waals surface area contributed by atoms with E-state index in [-0.39, 0.29) is 18.6 Å². The monoisotopic (exact) mass is 241 g/mol. The van der Waals surface area contributed by atoms with Gasteiger partial charge < -0.3 is 15.3 Å². The number of nitrogens with zero attached hydrogens (tertiary/aromatic N) is 1. The van der Waals surface area contributed by atoms with Crippen molar-refractivity contribution in [2.45, 2.75) is 18.6 Å². The number of hydrogen-bond donors (Lipinski definition) is 3. The summed E-state index contributed by atoms with van der Waals surface area (Å²) in [5, 5.41) is 37.2. The summed E-state index contributed by atoms with van der Waals surface area (Å²) in [6.45, 7) is -0.228. The zero-order valence-corrected chi connectivity index (χ0v) is 9.22. The summed E-state index contributed by atoms with van der Waals surface area (Å²) < 4.78 is 0. The van der Waals surface area contributed by atoms with Gasteiger partial charge in [0.25, 0.3) is 0 Å². The molecule has 0 aliphatic heterocycles. The summed E-state index contributed by atoms with van der Waals surface area (Å²) in [5.74, 6) is 0. The minimum atomic E-state index is -1.20. The molecule has 2 unspecified atom stereocenters. The van der Waals surface area contributed by atoms with Gasteiger partial charge in [0.1, 0.15) is 6.10 Å². The van der Waals surface area contributed by atoms with Crippen LogP contribution in [0.3, 0.4) is 0 Å². The third-order valence-corrected chi connectivity index (χ3v) is 2.48. The van der Waals surface area contributed by atoms with Crippen LogP contribution in [-0.2, 0) is 0 Å². The van der Waals surface area contributed by atoms with Crippen LogP contribution >= 0.6 is 11.6 Å². The Morgan fingerprint density at radius 3 is 2.62 bits per heavy atom. The highest BCUT2D eigenvalue weighted by Crippen LogP contribution is 2.24. The molecular weight excluding hydrogens is 230 g/mol. The molecule has 0 fully saturated rings. The largest absolute Gasteiger partial charge is 0.396 e. The summed E-state index contributed by atoms with van der Waals surface area (Å²) in [7, 11) is 0. The molecule has 0 amide bonds. The van der Waals surface area contributed by atoms with Crippen molar-refractivity contribution in [3.8, 4) is 6.07 Å². The molecule has 0 radical (unpaired) electrons. The van der Waals surface area contributed by atoms with E-state index in [1.807, 2.05) is 6.07 Å². The third kappa shape index (κ3) is 2.94. The van der Waals surface area contributed by atoms with Crippen molar-refractivity contribution in [3.05, 3.63) is 34.3 Å². The van der Waals surface area contributed by atoms with Gasteiger partial charge >= 0.3 is 0 Å². The molecule has 5 heteroatoms. The molecule has 0 aromatic heterocycles. The van der Waals surface area contributed by atoms with Gasteiger partial charge in [-0.2, -0.15) is 5.26 Å². The molecule has 4 nitrogen and oxygen atoms in total. The van der Waals surface area contributed by atoms with Gasteiger partial charge in [-0.25, -0.2) is 0 Å². The first-order valence-electron chi connectivity index (χ1n) is 4.76. The van der Waals surface area contributed by atoms with Gasteiger partial charge in [0.15, 0.2) is 0 Å². The fourth-order valence-corrected chi connectivity index (χ4v) is 1.55. The molecule has 0 bridgehead atoms. The van der Waals surface area contributed by atoms with Crippen LogP contribution in [0.25, 0.3) is 0 Å².